The van der Waals surface area contributed by atoms with Crippen LogP contribution in [0.4, 0.5) is 0 Å². The zero-order valence-electron chi connectivity index (χ0n) is 34.3. The van der Waals surface area contributed by atoms with Gasteiger partial charge in [-0.2, -0.15) is 0 Å². The quantitative estimate of drug-likeness (QED) is 0.123. The van der Waals surface area contributed by atoms with Crippen molar-refractivity contribution in [2.24, 2.45) is 0 Å². The second kappa shape index (κ2) is 16.4. The van der Waals surface area contributed by atoms with Crippen molar-refractivity contribution in [3.63, 3.8) is 0 Å². The van der Waals surface area contributed by atoms with Gasteiger partial charge in [0.15, 0.2) is 0 Å². The van der Waals surface area contributed by atoms with Gasteiger partial charge in [-0.05, 0) is 75.8 Å². The standard InChI is InChI=1S/C28H23N4O.C22H24NSi.Ir/c1-17-13-23-24(16-29-17)32(20-11-9-19(10-12-20)28(2,3)4)26(31-23)18-14-22-21-7-5-6-8-25(21)33-27(22)30-15-18;1-17(18-11-7-5-8-12-18)20-15-21(19-13-9-6-10-14-19)23-16-22(20)24(2,3)4;/h5-14,16H,1-4H3;5-13,15-17H,1-4H3;/q2*-1;. The molecule has 0 bridgehead atoms. The van der Waals surface area contributed by atoms with E-state index in [4.69, 9.17) is 14.4 Å². The van der Waals surface area contributed by atoms with Gasteiger partial charge in [0.2, 0.25) is 0 Å². The normalized spacial score (nSPS) is 12.3. The van der Waals surface area contributed by atoms with Crippen LogP contribution in [-0.2, 0) is 25.5 Å². The fourth-order valence-electron chi connectivity index (χ4n) is 7.39. The molecule has 58 heavy (non-hydrogen) atoms. The molecular formula is C50H47IrN5OSi-2. The van der Waals surface area contributed by atoms with Gasteiger partial charge in [-0.1, -0.05) is 120 Å². The molecule has 4 aromatic carbocycles. The molecule has 5 aromatic heterocycles. The van der Waals surface area contributed by atoms with Crippen molar-refractivity contribution in [1.29, 1.82) is 0 Å². The molecular weight excluding hydrogens is 907 g/mol. The van der Waals surface area contributed by atoms with Gasteiger partial charge < -0.3 is 19.0 Å². The number of aryl methyl sites for hydroxylation is 1. The van der Waals surface area contributed by atoms with Gasteiger partial charge in [0.25, 0.3) is 0 Å². The van der Waals surface area contributed by atoms with E-state index >= 15 is 0 Å². The van der Waals surface area contributed by atoms with Crippen LogP contribution in [0.1, 0.15) is 56.0 Å². The number of aromatic nitrogens is 5. The number of hydrogen-bond acceptors (Lipinski definition) is 5. The summed E-state index contributed by atoms with van der Waals surface area (Å²) in [6, 6.07) is 45.1. The van der Waals surface area contributed by atoms with Gasteiger partial charge in [-0.25, -0.2) is 0 Å². The Labute approximate surface area is 355 Å². The largest absolute Gasteiger partial charge is 0.483 e. The maximum absolute atomic E-state index is 5.90. The maximum atomic E-state index is 5.90. The van der Waals surface area contributed by atoms with Crippen LogP contribution in [0.15, 0.2) is 138 Å². The summed E-state index contributed by atoms with van der Waals surface area (Å²) >= 11 is 0. The molecule has 0 amide bonds. The fourth-order valence-corrected chi connectivity index (χ4v) is 8.99. The third-order valence-electron chi connectivity index (χ3n) is 10.6. The first-order chi connectivity index (χ1) is 27.3. The minimum absolute atomic E-state index is 0. The molecule has 5 heterocycles. The first kappa shape index (κ1) is 40.7. The molecule has 8 heteroatoms. The number of fused-ring (bicyclic) bond motifs is 4. The first-order valence-corrected chi connectivity index (χ1v) is 23.0. The van der Waals surface area contributed by atoms with E-state index in [1.807, 2.05) is 61.7 Å². The Morgan fingerprint density at radius 2 is 1.48 bits per heavy atom. The van der Waals surface area contributed by atoms with Crippen molar-refractivity contribution in [1.82, 2.24) is 24.5 Å². The number of hydrogen-bond donors (Lipinski definition) is 0. The summed E-state index contributed by atoms with van der Waals surface area (Å²) in [5.74, 6) is 1.14. The Morgan fingerprint density at radius 1 is 0.759 bits per heavy atom. The Kier molecular flexibility index (Phi) is 11.5. The molecule has 0 saturated carbocycles. The third-order valence-corrected chi connectivity index (χ3v) is 12.6. The Morgan fingerprint density at radius 3 is 2.19 bits per heavy atom. The van der Waals surface area contributed by atoms with Crippen molar-refractivity contribution in [3.05, 3.63) is 168 Å². The van der Waals surface area contributed by atoms with Crippen LogP contribution in [0.5, 0.6) is 0 Å². The van der Waals surface area contributed by atoms with Gasteiger partial charge >= 0.3 is 0 Å². The minimum atomic E-state index is -1.47. The van der Waals surface area contributed by atoms with Crippen molar-refractivity contribution in [2.45, 2.75) is 65.6 Å². The molecule has 9 rings (SSSR count). The summed E-state index contributed by atoms with van der Waals surface area (Å²) in [6.07, 6.45) is 7.16. The summed E-state index contributed by atoms with van der Waals surface area (Å²) in [6.45, 7) is 18.1. The topological polar surface area (TPSA) is 69.6 Å². The van der Waals surface area contributed by atoms with Crippen molar-refractivity contribution in [2.75, 3.05) is 0 Å². The molecule has 1 atom stereocenters. The summed E-state index contributed by atoms with van der Waals surface area (Å²) in [7, 11) is -1.47. The zero-order chi connectivity index (χ0) is 39.9. The molecule has 0 saturated heterocycles. The van der Waals surface area contributed by atoms with Gasteiger partial charge in [0, 0.05) is 49.0 Å². The molecule has 0 aliphatic rings. The molecule has 0 aliphatic heterocycles. The number of nitrogens with zero attached hydrogens (tertiary/aromatic N) is 5. The Bertz CT molecular complexity index is 2840. The fraction of sp³-hybridized carbons (Fsp3) is 0.200. The van der Waals surface area contributed by atoms with Crippen LogP contribution in [0.3, 0.4) is 0 Å². The van der Waals surface area contributed by atoms with Crippen molar-refractivity contribution < 1.29 is 24.5 Å². The number of furan rings is 1. The van der Waals surface area contributed by atoms with Gasteiger partial charge in [-0.15, -0.1) is 42.0 Å². The number of rotatable bonds is 6. The van der Waals surface area contributed by atoms with Crippen LogP contribution in [-0.4, -0.2) is 32.6 Å². The summed E-state index contributed by atoms with van der Waals surface area (Å²) in [5, 5.41) is 3.43. The molecule has 0 spiro atoms. The molecule has 0 N–H and O–H groups in total. The van der Waals surface area contributed by atoms with Crippen LogP contribution >= 0.6 is 0 Å². The van der Waals surface area contributed by atoms with Crippen LogP contribution in [0.25, 0.3) is 61.4 Å². The minimum Gasteiger partial charge on any atom is -0.483 e. The second-order valence-corrected chi connectivity index (χ2v) is 21.8. The summed E-state index contributed by atoms with van der Waals surface area (Å²) in [4.78, 5) is 18.8. The molecule has 1 radical (unpaired) electrons. The molecule has 293 valence electrons. The summed E-state index contributed by atoms with van der Waals surface area (Å²) in [5.41, 5.74) is 12.2. The third kappa shape index (κ3) is 8.23. The van der Waals surface area contributed by atoms with Crippen LogP contribution in [0.2, 0.25) is 19.6 Å². The average Bonchev–Trinajstić information content (AvgIpc) is 3.78. The number of pyridine rings is 3. The van der Waals surface area contributed by atoms with E-state index in [1.165, 1.54) is 21.9 Å². The van der Waals surface area contributed by atoms with E-state index in [1.54, 1.807) is 0 Å². The monoisotopic (exact) mass is 954 g/mol. The van der Waals surface area contributed by atoms with Crippen molar-refractivity contribution >= 4 is 46.4 Å². The van der Waals surface area contributed by atoms with Crippen LogP contribution in [0, 0.1) is 19.2 Å². The Balaban J connectivity index is 0.000000183. The van der Waals surface area contributed by atoms with Gasteiger partial charge in [0.1, 0.15) is 11.3 Å². The maximum Gasteiger partial charge on any atom is 0.141 e. The van der Waals surface area contributed by atoms with E-state index in [0.29, 0.717) is 11.6 Å². The van der Waals surface area contributed by atoms with E-state index in [2.05, 4.69) is 153 Å². The van der Waals surface area contributed by atoms with E-state index in [9.17, 15) is 0 Å². The van der Waals surface area contributed by atoms with Gasteiger partial charge in [-0.3, -0.25) is 9.97 Å². The van der Waals surface area contributed by atoms with E-state index < -0.39 is 8.07 Å². The predicted molar refractivity (Wildman–Crippen MR) is 237 cm³/mol. The Hall–Kier alpha value is -5.53. The molecule has 1 unspecified atom stereocenters. The summed E-state index contributed by atoms with van der Waals surface area (Å²) < 4.78 is 8.03. The van der Waals surface area contributed by atoms with Crippen LogP contribution < -0.4 is 5.19 Å². The SMILES string of the molecule is CC(c1ccccc1)c1cc(-c2[c-]cccc2)ncc1[Si](C)(C)C.Cc1cc2nc(-c3[c-]nc4oc5ccccc5c4c3)n(-c3ccc(C(C)(C)C)cc3)c2cn1.[Ir]. The molecule has 9 aromatic rings. The van der Waals surface area contributed by atoms with E-state index in [-0.39, 0.29) is 25.5 Å². The first-order valence-electron chi connectivity index (χ1n) is 19.5. The van der Waals surface area contributed by atoms with Crippen molar-refractivity contribution in [3.8, 4) is 28.3 Å². The average molecular weight is 954 g/mol. The smallest absolute Gasteiger partial charge is 0.141 e. The van der Waals surface area contributed by atoms with E-state index in [0.717, 1.165) is 61.4 Å². The molecule has 6 nitrogen and oxygen atoms in total. The zero-order valence-corrected chi connectivity index (χ0v) is 37.7. The number of benzene rings is 4. The molecule has 0 aliphatic carbocycles. The molecule has 0 fully saturated rings. The second-order valence-electron chi connectivity index (χ2n) is 16.8. The number of para-hydroxylation sites is 1. The van der Waals surface area contributed by atoms with Gasteiger partial charge in [0.05, 0.1) is 31.1 Å². The predicted octanol–water partition coefficient (Wildman–Crippen LogP) is 12.0. The number of imidazole rings is 1.